The van der Waals surface area contributed by atoms with E-state index in [1.165, 1.54) is 12.1 Å². The largest absolute Gasteiger partial charge is 0.417 e. The van der Waals surface area contributed by atoms with Crippen molar-refractivity contribution in [2.45, 2.75) is 43.8 Å². The molecule has 0 unspecified atom stereocenters. The van der Waals surface area contributed by atoms with E-state index in [-0.39, 0.29) is 11.6 Å². The summed E-state index contributed by atoms with van der Waals surface area (Å²) in [6.07, 6.45) is 1.56. The van der Waals surface area contributed by atoms with Gasteiger partial charge in [0.05, 0.1) is 23.5 Å². The second-order valence-electron chi connectivity index (χ2n) is 7.88. The van der Waals surface area contributed by atoms with Crippen molar-refractivity contribution in [3.63, 3.8) is 0 Å². The first-order chi connectivity index (χ1) is 12.0. The number of nitrogens with one attached hydrogen (secondary N) is 1. The van der Waals surface area contributed by atoms with Gasteiger partial charge in [0.1, 0.15) is 0 Å². The molecule has 1 N–H and O–H groups in total. The summed E-state index contributed by atoms with van der Waals surface area (Å²) in [5.74, 6) is 0.365. The lowest BCUT2D eigenvalue weighted by Crippen LogP contribution is -2.60. The Balaban J connectivity index is 1.60. The molecule has 1 aromatic heterocycles. The SMILES string of the molecule is FC(F)(F)c1ccccc1-c1c(C2CC2)cnn1C1CC2(CNC2)C1. The first-order valence-electron chi connectivity index (χ1n) is 8.92. The Labute approximate surface area is 144 Å². The maximum Gasteiger partial charge on any atom is 0.417 e. The zero-order valence-electron chi connectivity index (χ0n) is 13.8. The zero-order chi connectivity index (χ0) is 17.2. The molecule has 1 aliphatic heterocycles. The molecule has 2 heterocycles. The van der Waals surface area contributed by atoms with Gasteiger partial charge in [0, 0.05) is 24.2 Å². The molecule has 3 nitrogen and oxygen atoms in total. The Morgan fingerprint density at radius 1 is 1.12 bits per heavy atom. The molecule has 6 heteroatoms. The van der Waals surface area contributed by atoms with E-state index in [0.717, 1.165) is 44.3 Å². The number of hydrogen-bond donors (Lipinski definition) is 1. The van der Waals surface area contributed by atoms with Crippen LogP contribution in [-0.2, 0) is 6.18 Å². The number of rotatable bonds is 3. The summed E-state index contributed by atoms with van der Waals surface area (Å²) >= 11 is 0. The normalized spacial score (nSPS) is 22.7. The van der Waals surface area contributed by atoms with Crippen molar-refractivity contribution in [2.75, 3.05) is 13.1 Å². The third-order valence-electron chi connectivity index (χ3n) is 6.01. The molecule has 3 aliphatic rings. The number of hydrogen-bond acceptors (Lipinski definition) is 2. The molecule has 3 fully saturated rings. The summed E-state index contributed by atoms with van der Waals surface area (Å²) in [5, 5.41) is 7.86. The highest BCUT2D eigenvalue weighted by molar-refractivity contribution is 5.69. The van der Waals surface area contributed by atoms with Gasteiger partial charge in [-0.3, -0.25) is 4.68 Å². The third kappa shape index (κ3) is 2.41. The van der Waals surface area contributed by atoms with Crippen LogP contribution in [0.25, 0.3) is 11.3 Å². The van der Waals surface area contributed by atoms with Crippen molar-refractivity contribution in [3.8, 4) is 11.3 Å². The van der Waals surface area contributed by atoms with Gasteiger partial charge in [0.15, 0.2) is 0 Å². The molecule has 2 aromatic rings. The van der Waals surface area contributed by atoms with Crippen molar-refractivity contribution in [1.82, 2.24) is 15.1 Å². The summed E-state index contributed by atoms with van der Waals surface area (Å²) in [6, 6.07) is 6.15. The highest BCUT2D eigenvalue weighted by atomic mass is 19.4. The van der Waals surface area contributed by atoms with E-state index in [9.17, 15) is 13.2 Å². The fourth-order valence-corrected chi connectivity index (χ4v) is 4.44. The smallest absolute Gasteiger partial charge is 0.316 e. The van der Waals surface area contributed by atoms with E-state index in [1.807, 2.05) is 10.9 Å². The van der Waals surface area contributed by atoms with Crippen molar-refractivity contribution in [2.24, 2.45) is 5.41 Å². The summed E-state index contributed by atoms with van der Waals surface area (Å²) in [4.78, 5) is 0. The molecule has 1 aromatic carbocycles. The van der Waals surface area contributed by atoms with Crippen molar-refractivity contribution in [1.29, 1.82) is 0 Å². The van der Waals surface area contributed by atoms with Crippen molar-refractivity contribution < 1.29 is 13.2 Å². The molecule has 2 aliphatic carbocycles. The Morgan fingerprint density at radius 3 is 2.44 bits per heavy atom. The Hall–Kier alpha value is -1.82. The van der Waals surface area contributed by atoms with Crippen molar-refractivity contribution in [3.05, 3.63) is 41.6 Å². The van der Waals surface area contributed by atoms with Gasteiger partial charge in [-0.15, -0.1) is 0 Å². The molecule has 1 spiro atoms. The molecule has 0 bridgehead atoms. The average Bonchev–Trinajstić information content (AvgIpc) is 3.24. The van der Waals surface area contributed by atoms with Gasteiger partial charge < -0.3 is 5.32 Å². The van der Waals surface area contributed by atoms with E-state index in [0.29, 0.717) is 17.0 Å². The lowest BCUT2D eigenvalue weighted by Gasteiger charge is -2.54. The Bertz CT molecular complexity index is 808. The predicted octanol–water partition coefficient (Wildman–Crippen LogP) is 4.37. The maximum absolute atomic E-state index is 13.6. The quantitative estimate of drug-likeness (QED) is 0.893. The van der Waals surface area contributed by atoms with E-state index in [2.05, 4.69) is 10.4 Å². The molecule has 25 heavy (non-hydrogen) atoms. The van der Waals surface area contributed by atoms with Gasteiger partial charge in [-0.05, 0) is 43.1 Å². The van der Waals surface area contributed by atoms with Crippen LogP contribution in [0.2, 0.25) is 0 Å². The van der Waals surface area contributed by atoms with Gasteiger partial charge >= 0.3 is 6.18 Å². The summed E-state index contributed by atoms with van der Waals surface area (Å²) < 4.78 is 42.6. The highest BCUT2D eigenvalue weighted by Gasteiger charge is 2.50. The molecule has 5 rings (SSSR count). The Morgan fingerprint density at radius 2 is 1.84 bits per heavy atom. The van der Waals surface area contributed by atoms with Crippen LogP contribution in [0.1, 0.15) is 48.8 Å². The van der Waals surface area contributed by atoms with Crippen LogP contribution in [0.15, 0.2) is 30.5 Å². The fourth-order valence-electron chi connectivity index (χ4n) is 4.44. The molecule has 0 atom stereocenters. The van der Waals surface area contributed by atoms with Gasteiger partial charge in [-0.25, -0.2) is 0 Å². The summed E-state index contributed by atoms with van der Waals surface area (Å²) in [7, 11) is 0. The average molecular weight is 347 g/mol. The number of halogens is 3. The lowest BCUT2D eigenvalue weighted by molar-refractivity contribution is -0.137. The number of benzene rings is 1. The van der Waals surface area contributed by atoms with Crippen LogP contribution in [0.5, 0.6) is 0 Å². The Kier molecular flexibility index (Phi) is 3.15. The highest BCUT2D eigenvalue weighted by Crippen LogP contribution is 2.54. The minimum absolute atomic E-state index is 0.214. The van der Waals surface area contributed by atoms with Gasteiger partial charge in [-0.1, -0.05) is 18.2 Å². The van der Waals surface area contributed by atoms with Crippen LogP contribution in [0.4, 0.5) is 13.2 Å². The fraction of sp³-hybridized carbons (Fsp3) is 0.526. The summed E-state index contributed by atoms with van der Waals surface area (Å²) in [6.45, 7) is 2.05. The van der Waals surface area contributed by atoms with Crippen LogP contribution < -0.4 is 5.32 Å². The molecule has 0 amide bonds. The number of aromatic nitrogens is 2. The van der Waals surface area contributed by atoms with Gasteiger partial charge in [-0.2, -0.15) is 18.3 Å². The number of nitrogens with zero attached hydrogens (tertiary/aromatic N) is 2. The summed E-state index contributed by atoms with van der Waals surface area (Å²) in [5.41, 5.74) is 1.77. The van der Waals surface area contributed by atoms with Gasteiger partial charge in [0.2, 0.25) is 0 Å². The van der Waals surface area contributed by atoms with Crippen LogP contribution in [0, 0.1) is 5.41 Å². The van der Waals surface area contributed by atoms with Crippen LogP contribution >= 0.6 is 0 Å². The monoisotopic (exact) mass is 347 g/mol. The first-order valence-corrected chi connectivity index (χ1v) is 8.92. The standard InChI is InChI=1S/C19H20F3N3/c20-19(21,22)16-4-2-1-3-14(16)17-15(12-5-6-12)9-24-25(17)13-7-18(8-13)10-23-11-18/h1-4,9,12-13,23H,5-8,10-11H2. The molecular weight excluding hydrogens is 327 g/mol. The molecular formula is C19H20F3N3. The number of alkyl halides is 3. The molecule has 0 radical (unpaired) electrons. The van der Waals surface area contributed by atoms with Crippen LogP contribution in [0.3, 0.4) is 0 Å². The van der Waals surface area contributed by atoms with E-state index in [1.54, 1.807) is 12.1 Å². The molecule has 1 saturated heterocycles. The maximum atomic E-state index is 13.6. The zero-order valence-corrected chi connectivity index (χ0v) is 13.8. The topological polar surface area (TPSA) is 29.9 Å². The molecule has 2 saturated carbocycles. The minimum atomic E-state index is -4.36. The van der Waals surface area contributed by atoms with E-state index < -0.39 is 11.7 Å². The second-order valence-corrected chi connectivity index (χ2v) is 7.88. The minimum Gasteiger partial charge on any atom is -0.316 e. The molecule has 132 valence electrons. The first kappa shape index (κ1) is 15.4. The van der Waals surface area contributed by atoms with Crippen LogP contribution in [-0.4, -0.2) is 22.9 Å². The predicted molar refractivity (Wildman–Crippen MR) is 88.2 cm³/mol. The van der Waals surface area contributed by atoms with Crippen molar-refractivity contribution >= 4 is 0 Å². The van der Waals surface area contributed by atoms with Gasteiger partial charge in [0.25, 0.3) is 0 Å². The lowest BCUT2D eigenvalue weighted by atomic mass is 9.61. The third-order valence-corrected chi connectivity index (χ3v) is 6.01. The van der Waals surface area contributed by atoms with E-state index >= 15 is 0 Å². The second kappa shape index (κ2) is 5.10. The van der Waals surface area contributed by atoms with E-state index in [4.69, 9.17) is 0 Å².